The topological polar surface area (TPSA) is 58.2 Å². The first-order valence-corrected chi connectivity index (χ1v) is 9.15. The second kappa shape index (κ2) is 7.61. The van der Waals surface area contributed by atoms with Crippen LogP contribution in [0, 0.1) is 0 Å². The van der Waals surface area contributed by atoms with Crippen LogP contribution >= 0.6 is 11.8 Å². The summed E-state index contributed by atoms with van der Waals surface area (Å²) in [6.45, 7) is 4.81. The first kappa shape index (κ1) is 15.3. The minimum Gasteiger partial charge on any atom is -0.314 e. The van der Waals surface area contributed by atoms with Crippen molar-refractivity contribution in [2.24, 2.45) is 0 Å². The number of thioether (sulfide) groups is 1. The summed E-state index contributed by atoms with van der Waals surface area (Å²) in [7, 11) is -3.09. The summed E-state index contributed by atoms with van der Waals surface area (Å²) in [5.41, 5.74) is 0. The van der Waals surface area contributed by atoms with Crippen LogP contribution in [0.15, 0.2) is 0 Å². The first-order valence-electron chi connectivity index (χ1n) is 6.34. The highest BCUT2D eigenvalue weighted by Crippen LogP contribution is 2.18. The van der Waals surface area contributed by atoms with Crippen molar-refractivity contribution < 1.29 is 8.42 Å². The summed E-state index contributed by atoms with van der Waals surface area (Å²) < 4.78 is 26.2. The van der Waals surface area contributed by atoms with Gasteiger partial charge in [-0.25, -0.2) is 13.1 Å². The summed E-state index contributed by atoms with van der Waals surface area (Å²) in [5, 5.41) is 3.32. The average molecular weight is 280 g/mol. The second-order valence-electron chi connectivity index (χ2n) is 4.58. The van der Waals surface area contributed by atoms with E-state index >= 15 is 0 Å². The maximum atomic E-state index is 11.7. The van der Waals surface area contributed by atoms with E-state index in [1.54, 1.807) is 11.8 Å². The number of hydrogen-bond donors (Lipinski definition) is 2. The number of hydrogen-bond acceptors (Lipinski definition) is 4. The Kier molecular flexibility index (Phi) is 6.84. The van der Waals surface area contributed by atoms with E-state index in [1.807, 2.05) is 6.92 Å². The van der Waals surface area contributed by atoms with Gasteiger partial charge in [-0.15, -0.1) is 0 Å². The van der Waals surface area contributed by atoms with Crippen LogP contribution in [0.1, 0.15) is 33.1 Å². The second-order valence-corrected chi connectivity index (χ2v) is 7.77. The van der Waals surface area contributed by atoms with Gasteiger partial charge in [-0.3, -0.25) is 0 Å². The van der Waals surface area contributed by atoms with Gasteiger partial charge in [-0.1, -0.05) is 6.92 Å². The minimum absolute atomic E-state index is 0.0290. The molecule has 0 aromatic heterocycles. The summed E-state index contributed by atoms with van der Waals surface area (Å²) in [5.74, 6) is 2.10. The highest BCUT2D eigenvalue weighted by atomic mass is 32.2. The molecule has 0 bridgehead atoms. The number of nitrogens with one attached hydrogen (secondary N) is 2. The highest BCUT2D eigenvalue weighted by molar-refractivity contribution is 7.99. The molecule has 1 rings (SSSR count). The van der Waals surface area contributed by atoms with Crippen LogP contribution in [0.2, 0.25) is 0 Å². The molecule has 1 fully saturated rings. The van der Waals surface area contributed by atoms with Crippen LogP contribution in [-0.2, 0) is 10.0 Å². The first-order chi connectivity index (χ1) is 8.03. The standard InChI is InChI=1S/C11H24N2O2S2/c1-3-16-9-10(2)13-17(14,15)8-4-7-12-11-5-6-11/h10-13H,3-9H2,1-2H3. The zero-order valence-corrected chi connectivity index (χ0v) is 12.4. The quantitative estimate of drug-likeness (QED) is 0.590. The van der Waals surface area contributed by atoms with E-state index in [4.69, 9.17) is 0 Å². The Hall–Kier alpha value is 0.220. The molecule has 4 nitrogen and oxygen atoms in total. The molecule has 102 valence electrons. The van der Waals surface area contributed by atoms with Gasteiger partial charge in [-0.05, 0) is 38.5 Å². The molecular formula is C11H24N2O2S2. The van der Waals surface area contributed by atoms with Crippen molar-refractivity contribution in [2.45, 2.75) is 45.2 Å². The van der Waals surface area contributed by atoms with Crippen molar-refractivity contribution in [1.82, 2.24) is 10.0 Å². The van der Waals surface area contributed by atoms with E-state index in [-0.39, 0.29) is 11.8 Å². The predicted octanol–water partition coefficient (Wildman–Crippen LogP) is 1.19. The van der Waals surface area contributed by atoms with E-state index in [0.717, 1.165) is 18.1 Å². The zero-order chi connectivity index (χ0) is 12.7. The van der Waals surface area contributed by atoms with Gasteiger partial charge < -0.3 is 5.32 Å². The lowest BCUT2D eigenvalue weighted by atomic mass is 10.4. The van der Waals surface area contributed by atoms with Gasteiger partial charge in [0.05, 0.1) is 5.75 Å². The third-order valence-electron chi connectivity index (χ3n) is 2.55. The summed E-state index contributed by atoms with van der Waals surface area (Å²) in [6, 6.07) is 0.687. The Morgan fingerprint density at radius 2 is 2.12 bits per heavy atom. The van der Waals surface area contributed by atoms with E-state index in [9.17, 15) is 8.42 Å². The van der Waals surface area contributed by atoms with Gasteiger partial charge in [0.2, 0.25) is 10.0 Å². The summed E-state index contributed by atoms with van der Waals surface area (Å²) in [6.07, 6.45) is 3.19. The van der Waals surface area contributed by atoms with Crippen LogP contribution < -0.4 is 10.0 Å². The van der Waals surface area contributed by atoms with Crippen LogP contribution in [0.4, 0.5) is 0 Å². The summed E-state index contributed by atoms with van der Waals surface area (Å²) >= 11 is 1.76. The van der Waals surface area contributed by atoms with Gasteiger partial charge >= 0.3 is 0 Å². The monoisotopic (exact) mass is 280 g/mol. The zero-order valence-electron chi connectivity index (χ0n) is 10.7. The van der Waals surface area contributed by atoms with Crippen molar-refractivity contribution in [3.05, 3.63) is 0 Å². The minimum atomic E-state index is -3.09. The molecular weight excluding hydrogens is 256 g/mol. The molecule has 0 aliphatic heterocycles. The molecule has 0 radical (unpaired) electrons. The van der Waals surface area contributed by atoms with Crippen LogP contribution in [0.5, 0.6) is 0 Å². The van der Waals surface area contributed by atoms with Gasteiger partial charge in [0, 0.05) is 17.8 Å². The van der Waals surface area contributed by atoms with Crippen molar-refractivity contribution in [3.8, 4) is 0 Å². The van der Waals surface area contributed by atoms with Gasteiger partial charge in [0.1, 0.15) is 0 Å². The van der Waals surface area contributed by atoms with Crippen molar-refractivity contribution >= 4 is 21.8 Å². The molecule has 0 aromatic carbocycles. The highest BCUT2D eigenvalue weighted by Gasteiger charge is 2.20. The van der Waals surface area contributed by atoms with Crippen molar-refractivity contribution in [3.63, 3.8) is 0 Å². The Morgan fingerprint density at radius 3 is 2.71 bits per heavy atom. The lowest BCUT2D eigenvalue weighted by Gasteiger charge is -2.13. The van der Waals surface area contributed by atoms with Crippen LogP contribution in [0.25, 0.3) is 0 Å². The Labute approximate surface area is 109 Å². The van der Waals surface area contributed by atoms with Crippen molar-refractivity contribution in [2.75, 3.05) is 23.8 Å². The molecule has 0 heterocycles. The van der Waals surface area contributed by atoms with Gasteiger partial charge in [-0.2, -0.15) is 11.8 Å². The van der Waals surface area contributed by atoms with Crippen LogP contribution in [-0.4, -0.2) is 44.3 Å². The fraction of sp³-hybridized carbons (Fsp3) is 1.00. The van der Waals surface area contributed by atoms with E-state index in [2.05, 4.69) is 17.0 Å². The maximum Gasteiger partial charge on any atom is 0.211 e. The average Bonchev–Trinajstić information content (AvgIpc) is 3.05. The molecule has 0 aromatic rings. The molecule has 6 heteroatoms. The van der Waals surface area contributed by atoms with Gasteiger partial charge in [0.25, 0.3) is 0 Å². The molecule has 0 amide bonds. The third-order valence-corrected chi connectivity index (χ3v) is 5.28. The number of rotatable bonds is 10. The normalized spacial score (nSPS) is 18.2. The molecule has 17 heavy (non-hydrogen) atoms. The fourth-order valence-electron chi connectivity index (χ4n) is 1.55. The van der Waals surface area contributed by atoms with E-state index in [1.165, 1.54) is 12.8 Å². The lowest BCUT2D eigenvalue weighted by Crippen LogP contribution is -2.36. The van der Waals surface area contributed by atoms with Crippen molar-refractivity contribution in [1.29, 1.82) is 0 Å². The maximum absolute atomic E-state index is 11.7. The smallest absolute Gasteiger partial charge is 0.211 e. The molecule has 0 saturated heterocycles. The van der Waals surface area contributed by atoms with E-state index < -0.39 is 10.0 Å². The molecule has 2 N–H and O–H groups in total. The number of sulfonamides is 1. The molecule has 1 atom stereocenters. The van der Waals surface area contributed by atoms with Gasteiger partial charge in [0.15, 0.2) is 0 Å². The molecule has 1 aliphatic carbocycles. The Morgan fingerprint density at radius 1 is 1.41 bits per heavy atom. The molecule has 0 spiro atoms. The summed E-state index contributed by atoms with van der Waals surface area (Å²) in [4.78, 5) is 0. The molecule has 1 unspecified atom stereocenters. The SMILES string of the molecule is CCSCC(C)NS(=O)(=O)CCCNC1CC1. The van der Waals surface area contributed by atoms with E-state index in [0.29, 0.717) is 12.5 Å². The lowest BCUT2D eigenvalue weighted by molar-refractivity contribution is 0.564. The third kappa shape index (κ3) is 8.02. The molecule has 1 aliphatic rings. The Bertz CT molecular complexity index is 303. The predicted molar refractivity (Wildman–Crippen MR) is 75.0 cm³/mol. The largest absolute Gasteiger partial charge is 0.314 e. The van der Waals surface area contributed by atoms with Crippen LogP contribution in [0.3, 0.4) is 0 Å². The fourth-order valence-corrected chi connectivity index (χ4v) is 3.67. The Balaban J connectivity index is 2.10. The molecule has 1 saturated carbocycles.